The van der Waals surface area contributed by atoms with Crippen LogP contribution in [-0.4, -0.2) is 27.0 Å². The van der Waals surface area contributed by atoms with Gasteiger partial charge in [0.15, 0.2) is 0 Å². The average Bonchev–Trinajstić information content (AvgIpc) is 3.07. The molecule has 0 radical (unpaired) electrons. The number of ether oxygens (including phenoxy) is 1. The monoisotopic (exact) mass is 488 g/mol. The molecule has 8 heteroatoms. The molecular formula is C27H31F3N2O3. The fourth-order valence-corrected chi connectivity index (χ4v) is 5.82. The van der Waals surface area contributed by atoms with E-state index in [2.05, 4.69) is 30.1 Å². The maximum absolute atomic E-state index is 12.5. The minimum absolute atomic E-state index is 0.150. The van der Waals surface area contributed by atoms with Crippen LogP contribution in [0, 0.1) is 25.2 Å². The van der Waals surface area contributed by atoms with Gasteiger partial charge in [0, 0.05) is 12.5 Å². The molecule has 3 aromatic rings. The van der Waals surface area contributed by atoms with E-state index in [-0.39, 0.29) is 22.8 Å². The number of halogens is 3. The minimum Gasteiger partial charge on any atom is -0.478 e. The van der Waals surface area contributed by atoms with Gasteiger partial charge >= 0.3 is 12.3 Å². The Kier molecular flexibility index (Phi) is 6.36. The first-order valence-electron chi connectivity index (χ1n) is 11.8. The van der Waals surface area contributed by atoms with Crippen LogP contribution in [0.4, 0.5) is 13.2 Å². The predicted octanol–water partition coefficient (Wildman–Crippen LogP) is 7.23. The number of aryl methyl sites for hydroxylation is 1. The SMILES string of the molecule is Cc1c(C(=O)O)cc2nc(Cc3ccc(OC(F)(F)F)cc3)n([C@@H]3C[C@H](C)CC(C)(C)C3)c2c1C. The van der Waals surface area contributed by atoms with E-state index in [0.717, 1.165) is 47.3 Å². The van der Waals surface area contributed by atoms with Gasteiger partial charge in [-0.25, -0.2) is 9.78 Å². The Balaban J connectivity index is 1.82. The van der Waals surface area contributed by atoms with E-state index >= 15 is 0 Å². The van der Waals surface area contributed by atoms with E-state index in [0.29, 0.717) is 17.9 Å². The van der Waals surface area contributed by atoms with Gasteiger partial charge in [-0.1, -0.05) is 32.9 Å². The Bertz CT molecular complexity index is 1260. The van der Waals surface area contributed by atoms with Gasteiger partial charge in [-0.3, -0.25) is 0 Å². The lowest BCUT2D eigenvalue weighted by Crippen LogP contribution is -2.30. The smallest absolute Gasteiger partial charge is 0.478 e. The lowest BCUT2D eigenvalue weighted by molar-refractivity contribution is -0.274. The number of benzene rings is 2. The summed E-state index contributed by atoms with van der Waals surface area (Å²) in [5, 5.41) is 9.69. The van der Waals surface area contributed by atoms with Crippen molar-refractivity contribution in [2.45, 2.75) is 72.7 Å². The van der Waals surface area contributed by atoms with Gasteiger partial charge in [0.1, 0.15) is 11.6 Å². The van der Waals surface area contributed by atoms with Crippen molar-refractivity contribution in [3.05, 3.63) is 58.4 Å². The number of carboxylic acid groups (broad SMARTS) is 1. The van der Waals surface area contributed by atoms with E-state index < -0.39 is 12.3 Å². The molecule has 1 fully saturated rings. The number of aromatic carboxylic acids is 1. The molecule has 1 aromatic heterocycles. The van der Waals surface area contributed by atoms with E-state index in [1.807, 2.05) is 13.8 Å². The summed E-state index contributed by atoms with van der Waals surface area (Å²) < 4.78 is 43.9. The highest BCUT2D eigenvalue weighted by atomic mass is 19.4. The quantitative estimate of drug-likeness (QED) is 0.412. The second-order valence-corrected chi connectivity index (χ2v) is 10.7. The largest absolute Gasteiger partial charge is 0.573 e. The Morgan fingerprint density at radius 1 is 1.17 bits per heavy atom. The summed E-state index contributed by atoms with van der Waals surface area (Å²) in [5.41, 5.74) is 4.36. The normalized spacial score (nSPS) is 20.2. The second kappa shape index (κ2) is 8.88. The van der Waals surface area contributed by atoms with Crippen LogP contribution in [0.15, 0.2) is 30.3 Å². The van der Waals surface area contributed by atoms with Crippen LogP contribution in [0.25, 0.3) is 11.0 Å². The number of fused-ring (bicyclic) bond motifs is 1. The maximum atomic E-state index is 12.5. The van der Waals surface area contributed by atoms with Crippen molar-refractivity contribution >= 4 is 17.0 Å². The molecule has 2 aromatic carbocycles. The lowest BCUT2D eigenvalue weighted by Gasteiger charge is -2.40. The van der Waals surface area contributed by atoms with Gasteiger partial charge in [0.25, 0.3) is 0 Å². The average molecular weight is 489 g/mol. The summed E-state index contributed by atoms with van der Waals surface area (Å²) in [7, 11) is 0. The van der Waals surface area contributed by atoms with Crippen molar-refractivity contribution in [1.82, 2.24) is 9.55 Å². The molecule has 0 unspecified atom stereocenters. The second-order valence-electron chi connectivity index (χ2n) is 10.7. The third-order valence-electron chi connectivity index (χ3n) is 7.09. The number of rotatable bonds is 5. The van der Waals surface area contributed by atoms with Crippen molar-refractivity contribution in [1.29, 1.82) is 0 Å². The van der Waals surface area contributed by atoms with Crippen LogP contribution < -0.4 is 4.74 Å². The fraction of sp³-hybridized carbons (Fsp3) is 0.481. The first-order valence-corrected chi connectivity index (χ1v) is 11.8. The summed E-state index contributed by atoms with van der Waals surface area (Å²) in [5.74, 6) is 0.0448. The number of hydrogen-bond acceptors (Lipinski definition) is 3. The zero-order valence-electron chi connectivity index (χ0n) is 20.7. The number of hydrogen-bond donors (Lipinski definition) is 1. The van der Waals surface area contributed by atoms with Crippen LogP contribution in [0.1, 0.15) is 78.9 Å². The van der Waals surface area contributed by atoms with E-state index in [1.54, 1.807) is 18.2 Å². The number of carboxylic acids is 1. The molecule has 1 aliphatic carbocycles. The standard InChI is InChI=1S/C27H31F3N2O3/c1-15-10-19(14-26(4,5)13-15)32-23(11-18-6-8-20(9-7-18)35-27(28,29)30)31-22-12-21(25(33)34)16(2)17(3)24(22)32/h6-9,12,15,19H,10-11,13-14H2,1-5H3,(H,33,34)/t15-,19+/m0/s1. The van der Waals surface area contributed by atoms with E-state index in [9.17, 15) is 23.1 Å². The molecule has 4 rings (SSSR count). The van der Waals surface area contributed by atoms with Crippen molar-refractivity contribution in [2.24, 2.45) is 11.3 Å². The molecule has 1 N–H and O–H groups in total. The molecule has 0 spiro atoms. The van der Waals surface area contributed by atoms with Crippen molar-refractivity contribution in [3.8, 4) is 5.75 Å². The Morgan fingerprint density at radius 2 is 1.83 bits per heavy atom. The van der Waals surface area contributed by atoms with Gasteiger partial charge < -0.3 is 14.4 Å². The molecule has 0 bridgehead atoms. The van der Waals surface area contributed by atoms with Gasteiger partial charge in [0.05, 0.1) is 16.6 Å². The third kappa shape index (κ3) is 5.31. The predicted molar refractivity (Wildman–Crippen MR) is 128 cm³/mol. The van der Waals surface area contributed by atoms with Gasteiger partial charge in [-0.15, -0.1) is 13.2 Å². The Labute approximate surface area is 202 Å². The maximum Gasteiger partial charge on any atom is 0.573 e. The Morgan fingerprint density at radius 3 is 2.40 bits per heavy atom. The topological polar surface area (TPSA) is 64.3 Å². The highest BCUT2D eigenvalue weighted by Crippen LogP contribution is 2.46. The zero-order chi connectivity index (χ0) is 25.7. The van der Waals surface area contributed by atoms with Crippen LogP contribution in [0.3, 0.4) is 0 Å². The summed E-state index contributed by atoms with van der Waals surface area (Å²) >= 11 is 0. The number of imidazole rings is 1. The van der Waals surface area contributed by atoms with Crippen LogP contribution in [-0.2, 0) is 6.42 Å². The Hall–Kier alpha value is -3.03. The van der Waals surface area contributed by atoms with Crippen molar-refractivity contribution in [2.75, 3.05) is 0 Å². The summed E-state index contributed by atoms with van der Waals surface area (Å²) in [4.78, 5) is 16.7. The number of alkyl halides is 3. The molecule has 0 saturated heterocycles. The molecule has 1 saturated carbocycles. The lowest BCUT2D eigenvalue weighted by atomic mass is 9.70. The summed E-state index contributed by atoms with van der Waals surface area (Å²) in [6.45, 7) is 10.6. The fourth-order valence-electron chi connectivity index (χ4n) is 5.82. The molecule has 0 amide bonds. The van der Waals surface area contributed by atoms with E-state index in [4.69, 9.17) is 4.98 Å². The van der Waals surface area contributed by atoms with Crippen LogP contribution in [0.2, 0.25) is 0 Å². The molecule has 1 aliphatic rings. The first-order chi connectivity index (χ1) is 16.2. The van der Waals surface area contributed by atoms with Crippen molar-refractivity contribution in [3.63, 3.8) is 0 Å². The molecule has 1 heterocycles. The van der Waals surface area contributed by atoms with Gasteiger partial charge in [0.2, 0.25) is 0 Å². The third-order valence-corrected chi connectivity index (χ3v) is 7.09. The summed E-state index contributed by atoms with van der Waals surface area (Å²) in [6, 6.07) is 7.66. The van der Waals surface area contributed by atoms with Crippen LogP contribution in [0.5, 0.6) is 5.75 Å². The van der Waals surface area contributed by atoms with Gasteiger partial charge in [-0.2, -0.15) is 0 Å². The van der Waals surface area contributed by atoms with Crippen molar-refractivity contribution < 1.29 is 27.8 Å². The molecular weight excluding hydrogens is 457 g/mol. The highest BCUT2D eigenvalue weighted by Gasteiger charge is 2.35. The first kappa shape index (κ1) is 25.1. The number of carbonyl (C=O) groups is 1. The highest BCUT2D eigenvalue weighted by molar-refractivity contribution is 5.96. The number of aromatic nitrogens is 2. The summed E-state index contributed by atoms with van der Waals surface area (Å²) in [6.07, 6.45) is -1.25. The molecule has 35 heavy (non-hydrogen) atoms. The molecule has 188 valence electrons. The van der Waals surface area contributed by atoms with E-state index in [1.165, 1.54) is 12.1 Å². The molecule has 5 nitrogen and oxygen atoms in total. The minimum atomic E-state index is -4.74. The van der Waals surface area contributed by atoms with Crippen LogP contribution >= 0.6 is 0 Å². The molecule has 2 atom stereocenters. The molecule has 0 aliphatic heterocycles. The zero-order valence-corrected chi connectivity index (χ0v) is 20.7. The van der Waals surface area contributed by atoms with Gasteiger partial charge in [-0.05, 0) is 79.3 Å². The number of nitrogens with zero attached hydrogens (tertiary/aromatic N) is 2.